The van der Waals surface area contributed by atoms with Gasteiger partial charge in [-0.3, -0.25) is 4.79 Å². The van der Waals surface area contributed by atoms with E-state index in [0.29, 0.717) is 22.6 Å². The standard InChI is InChI=1S/C14H14N2O3/c1-19-13-4-2-12(3-5-13)14(17)15-10-11-6-8-16(18)9-7-11/h2-9H,10H2,1H3,(H,15,17). The van der Waals surface area contributed by atoms with E-state index < -0.39 is 0 Å². The summed E-state index contributed by atoms with van der Waals surface area (Å²) in [6.07, 6.45) is 2.80. The molecule has 0 fully saturated rings. The number of pyridine rings is 1. The highest BCUT2D eigenvalue weighted by Gasteiger charge is 2.05. The van der Waals surface area contributed by atoms with Gasteiger partial charge in [0.15, 0.2) is 12.4 Å². The lowest BCUT2D eigenvalue weighted by Gasteiger charge is -2.06. The largest absolute Gasteiger partial charge is 0.619 e. The van der Waals surface area contributed by atoms with Crippen LogP contribution in [0.3, 0.4) is 0 Å². The summed E-state index contributed by atoms with van der Waals surface area (Å²) in [5.41, 5.74) is 1.43. The second kappa shape index (κ2) is 5.86. The van der Waals surface area contributed by atoms with E-state index in [1.165, 1.54) is 12.4 Å². The third-order valence-electron chi connectivity index (χ3n) is 2.68. The summed E-state index contributed by atoms with van der Waals surface area (Å²) in [4.78, 5) is 11.9. The van der Waals surface area contributed by atoms with Crippen molar-refractivity contribution in [2.75, 3.05) is 7.11 Å². The normalized spacial score (nSPS) is 9.95. The quantitative estimate of drug-likeness (QED) is 0.663. The first-order valence-electron chi connectivity index (χ1n) is 5.79. The number of benzene rings is 1. The Bertz CT molecular complexity index is 550. The van der Waals surface area contributed by atoms with Crippen molar-refractivity contribution in [2.45, 2.75) is 6.54 Å². The van der Waals surface area contributed by atoms with E-state index in [-0.39, 0.29) is 5.91 Å². The van der Waals surface area contributed by atoms with E-state index in [0.717, 1.165) is 5.56 Å². The lowest BCUT2D eigenvalue weighted by Crippen LogP contribution is -2.26. The van der Waals surface area contributed by atoms with Gasteiger partial charge in [0.05, 0.1) is 7.11 Å². The maximum atomic E-state index is 11.9. The molecule has 1 N–H and O–H groups in total. The van der Waals surface area contributed by atoms with Gasteiger partial charge in [-0.2, -0.15) is 4.73 Å². The van der Waals surface area contributed by atoms with Crippen LogP contribution in [0.2, 0.25) is 0 Å². The summed E-state index contributed by atoms with van der Waals surface area (Å²) in [5.74, 6) is 0.543. The number of rotatable bonds is 4. The van der Waals surface area contributed by atoms with Crippen molar-refractivity contribution in [3.05, 3.63) is 65.1 Å². The molecule has 0 radical (unpaired) electrons. The summed E-state index contributed by atoms with van der Waals surface area (Å²) >= 11 is 0. The van der Waals surface area contributed by atoms with Gasteiger partial charge in [-0.05, 0) is 29.8 Å². The Morgan fingerprint density at radius 1 is 1.21 bits per heavy atom. The summed E-state index contributed by atoms with van der Waals surface area (Å²) in [6, 6.07) is 10.2. The van der Waals surface area contributed by atoms with E-state index >= 15 is 0 Å². The number of hydrogen-bond donors (Lipinski definition) is 1. The topological polar surface area (TPSA) is 65.3 Å². The average Bonchev–Trinajstić information content (AvgIpc) is 2.46. The molecule has 2 aromatic rings. The minimum Gasteiger partial charge on any atom is -0.619 e. The molecule has 0 saturated carbocycles. The van der Waals surface area contributed by atoms with Crippen molar-refractivity contribution < 1.29 is 14.3 Å². The Labute approximate surface area is 111 Å². The smallest absolute Gasteiger partial charge is 0.251 e. The number of amides is 1. The van der Waals surface area contributed by atoms with Crippen molar-refractivity contribution in [2.24, 2.45) is 0 Å². The Hall–Kier alpha value is -2.56. The molecule has 98 valence electrons. The molecule has 0 aliphatic heterocycles. The molecule has 0 aliphatic carbocycles. The molecule has 1 heterocycles. The Kier molecular flexibility index (Phi) is 3.97. The first kappa shape index (κ1) is 12.9. The number of ether oxygens (including phenoxy) is 1. The van der Waals surface area contributed by atoms with Crippen molar-refractivity contribution in [3.8, 4) is 5.75 Å². The highest BCUT2D eigenvalue weighted by Crippen LogP contribution is 2.11. The average molecular weight is 258 g/mol. The Morgan fingerprint density at radius 2 is 1.84 bits per heavy atom. The van der Waals surface area contributed by atoms with Gasteiger partial charge in [-0.15, -0.1) is 0 Å². The molecule has 0 unspecified atom stereocenters. The lowest BCUT2D eigenvalue weighted by atomic mass is 10.2. The van der Waals surface area contributed by atoms with E-state index in [2.05, 4.69) is 5.32 Å². The van der Waals surface area contributed by atoms with Crippen LogP contribution in [-0.4, -0.2) is 13.0 Å². The fourth-order valence-corrected chi connectivity index (χ4v) is 1.59. The van der Waals surface area contributed by atoms with Crippen molar-refractivity contribution >= 4 is 5.91 Å². The Balaban J connectivity index is 1.95. The van der Waals surface area contributed by atoms with E-state index in [1.807, 2.05) is 0 Å². The van der Waals surface area contributed by atoms with Crippen molar-refractivity contribution in [1.29, 1.82) is 0 Å². The zero-order valence-corrected chi connectivity index (χ0v) is 10.5. The van der Waals surface area contributed by atoms with E-state index in [9.17, 15) is 10.0 Å². The molecule has 0 atom stereocenters. The van der Waals surface area contributed by atoms with Gasteiger partial charge in [-0.1, -0.05) is 0 Å². The van der Waals surface area contributed by atoms with Gasteiger partial charge in [0.2, 0.25) is 0 Å². The minimum absolute atomic E-state index is 0.165. The molecule has 1 aromatic carbocycles. The third kappa shape index (κ3) is 3.45. The van der Waals surface area contributed by atoms with Crippen LogP contribution in [0, 0.1) is 5.21 Å². The number of aromatic nitrogens is 1. The summed E-state index contributed by atoms with van der Waals surface area (Å²) in [6.45, 7) is 0.381. The first-order chi connectivity index (χ1) is 9.19. The molecule has 5 heteroatoms. The van der Waals surface area contributed by atoms with E-state index in [4.69, 9.17) is 4.74 Å². The molecule has 0 aliphatic rings. The number of nitrogens with one attached hydrogen (secondary N) is 1. The number of hydrogen-bond acceptors (Lipinski definition) is 3. The van der Waals surface area contributed by atoms with Crippen LogP contribution in [-0.2, 0) is 6.54 Å². The summed E-state index contributed by atoms with van der Waals surface area (Å²) in [7, 11) is 1.58. The second-order valence-corrected chi connectivity index (χ2v) is 3.98. The predicted octanol–water partition coefficient (Wildman–Crippen LogP) is 1.26. The minimum atomic E-state index is -0.165. The molecule has 19 heavy (non-hydrogen) atoms. The maximum Gasteiger partial charge on any atom is 0.251 e. The molecule has 0 saturated heterocycles. The zero-order valence-electron chi connectivity index (χ0n) is 10.5. The lowest BCUT2D eigenvalue weighted by molar-refractivity contribution is -0.605. The Morgan fingerprint density at radius 3 is 2.42 bits per heavy atom. The second-order valence-electron chi connectivity index (χ2n) is 3.98. The SMILES string of the molecule is COc1ccc(C(=O)NCc2cc[n+]([O-])cc2)cc1. The summed E-state index contributed by atoms with van der Waals surface area (Å²) < 4.78 is 5.73. The molecule has 5 nitrogen and oxygen atoms in total. The van der Waals surface area contributed by atoms with Crippen molar-refractivity contribution in [1.82, 2.24) is 5.32 Å². The van der Waals surface area contributed by atoms with Crippen LogP contribution < -0.4 is 14.8 Å². The monoisotopic (exact) mass is 258 g/mol. The fourth-order valence-electron chi connectivity index (χ4n) is 1.59. The zero-order chi connectivity index (χ0) is 13.7. The number of carbonyl (C=O) groups is 1. The molecule has 0 spiro atoms. The molecular weight excluding hydrogens is 244 g/mol. The van der Waals surface area contributed by atoms with Crippen LogP contribution >= 0.6 is 0 Å². The third-order valence-corrected chi connectivity index (χ3v) is 2.68. The summed E-state index contributed by atoms with van der Waals surface area (Å²) in [5, 5.41) is 13.6. The van der Waals surface area contributed by atoms with Crippen LogP contribution in [0.25, 0.3) is 0 Å². The highest BCUT2D eigenvalue weighted by atomic mass is 16.5. The first-order valence-corrected chi connectivity index (χ1v) is 5.79. The van der Waals surface area contributed by atoms with Gasteiger partial charge in [0.25, 0.3) is 5.91 Å². The van der Waals surface area contributed by atoms with E-state index in [1.54, 1.807) is 43.5 Å². The molecular formula is C14H14N2O3. The maximum absolute atomic E-state index is 11.9. The van der Waals surface area contributed by atoms with Gasteiger partial charge in [-0.25, -0.2) is 0 Å². The molecule has 0 bridgehead atoms. The molecule has 2 rings (SSSR count). The number of carbonyl (C=O) groups excluding carboxylic acids is 1. The van der Waals surface area contributed by atoms with Gasteiger partial charge < -0.3 is 15.3 Å². The fraction of sp³-hybridized carbons (Fsp3) is 0.143. The van der Waals surface area contributed by atoms with Gasteiger partial charge in [0, 0.05) is 24.2 Å². The number of methoxy groups -OCH3 is 1. The van der Waals surface area contributed by atoms with Crippen LogP contribution in [0.15, 0.2) is 48.8 Å². The van der Waals surface area contributed by atoms with Crippen LogP contribution in [0.4, 0.5) is 0 Å². The van der Waals surface area contributed by atoms with Gasteiger partial charge >= 0.3 is 0 Å². The molecule has 1 aromatic heterocycles. The number of nitrogens with zero attached hydrogens (tertiary/aromatic N) is 1. The predicted molar refractivity (Wildman–Crippen MR) is 69.6 cm³/mol. The van der Waals surface area contributed by atoms with Gasteiger partial charge in [0.1, 0.15) is 5.75 Å². The highest BCUT2D eigenvalue weighted by molar-refractivity contribution is 5.94. The van der Waals surface area contributed by atoms with Crippen LogP contribution in [0.1, 0.15) is 15.9 Å². The molecule has 1 amide bonds. The van der Waals surface area contributed by atoms with Crippen LogP contribution in [0.5, 0.6) is 5.75 Å². The van der Waals surface area contributed by atoms with Crippen molar-refractivity contribution in [3.63, 3.8) is 0 Å².